The molecule has 0 radical (unpaired) electrons. The van der Waals surface area contributed by atoms with E-state index in [9.17, 15) is 22.0 Å². The monoisotopic (exact) mass is 460 g/mol. The number of nitrogens with zero attached hydrogens (tertiary/aromatic N) is 1. The largest absolute Gasteiger partial charge is 0.494 e. The van der Waals surface area contributed by atoms with Gasteiger partial charge in [0.15, 0.2) is 0 Å². The lowest BCUT2D eigenvalue weighted by Crippen LogP contribution is -2.29. The lowest BCUT2D eigenvalue weighted by atomic mass is 10.1. The molecular formula is C23H22F2N2O4S. The lowest BCUT2D eigenvalue weighted by molar-refractivity contribution is 0.102. The van der Waals surface area contributed by atoms with Gasteiger partial charge in [-0.15, -0.1) is 0 Å². The van der Waals surface area contributed by atoms with Crippen molar-refractivity contribution in [3.63, 3.8) is 0 Å². The topological polar surface area (TPSA) is 75.7 Å². The summed E-state index contributed by atoms with van der Waals surface area (Å²) in [6, 6.07) is 15.1. The maximum atomic E-state index is 13.3. The fraction of sp³-hybridized carbons (Fsp3) is 0.174. The lowest BCUT2D eigenvalue weighted by Gasteiger charge is -2.24. The number of rotatable bonds is 8. The maximum Gasteiger partial charge on any atom is 0.255 e. The summed E-state index contributed by atoms with van der Waals surface area (Å²) in [5, 5.41) is 2.67. The minimum Gasteiger partial charge on any atom is -0.494 e. The second kappa shape index (κ2) is 9.78. The third kappa shape index (κ3) is 5.82. The molecule has 0 saturated heterocycles. The van der Waals surface area contributed by atoms with Crippen LogP contribution in [0.25, 0.3) is 0 Å². The number of carbonyl (C=O) groups excluding carboxylic acids is 1. The number of amides is 1. The second-order valence-electron chi connectivity index (χ2n) is 6.96. The van der Waals surface area contributed by atoms with Gasteiger partial charge in [0.05, 0.1) is 25.1 Å². The highest BCUT2D eigenvalue weighted by Gasteiger charge is 2.21. The van der Waals surface area contributed by atoms with Crippen molar-refractivity contribution in [1.29, 1.82) is 0 Å². The van der Waals surface area contributed by atoms with Gasteiger partial charge >= 0.3 is 0 Å². The molecule has 9 heteroatoms. The van der Waals surface area contributed by atoms with Gasteiger partial charge in [0.1, 0.15) is 17.4 Å². The highest BCUT2D eigenvalue weighted by Crippen LogP contribution is 2.27. The SMILES string of the molecule is CCOc1ccc(C(=O)Nc2ccc(F)cc2)cc1CN(c1ccc(F)cc1)S(C)(=O)=O. The van der Waals surface area contributed by atoms with E-state index in [2.05, 4.69) is 5.32 Å². The van der Waals surface area contributed by atoms with Crippen molar-refractivity contribution in [3.8, 4) is 5.75 Å². The number of nitrogens with one attached hydrogen (secondary N) is 1. The van der Waals surface area contributed by atoms with Crippen LogP contribution in [0.1, 0.15) is 22.8 Å². The first-order chi connectivity index (χ1) is 15.2. The molecule has 0 aliphatic heterocycles. The zero-order valence-corrected chi connectivity index (χ0v) is 18.3. The number of carbonyl (C=O) groups is 1. The molecule has 3 aromatic carbocycles. The molecule has 3 rings (SSSR count). The van der Waals surface area contributed by atoms with Gasteiger partial charge in [-0.1, -0.05) is 0 Å². The summed E-state index contributed by atoms with van der Waals surface area (Å²) in [6.45, 7) is 1.99. The molecule has 168 valence electrons. The second-order valence-corrected chi connectivity index (χ2v) is 8.87. The molecule has 0 saturated carbocycles. The highest BCUT2D eigenvalue weighted by molar-refractivity contribution is 7.92. The number of sulfonamides is 1. The normalized spacial score (nSPS) is 11.1. The predicted octanol–water partition coefficient (Wildman–Crippen LogP) is 4.58. The Hall–Kier alpha value is -3.46. The number of hydrogen-bond donors (Lipinski definition) is 1. The van der Waals surface area contributed by atoms with Crippen molar-refractivity contribution in [2.75, 3.05) is 22.5 Å². The van der Waals surface area contributed by atoms with Crippen LogP contribution in [-0.2, 0) is 16.6 Å². The average molecular weight is 461 g/mol. The number of anilines is 2. The standard InChI is InChI=1S/C23H22F2N2O4S/c1-3-31-22-13-4-16(23(28)26-20-9-5-18(24)6-10-20)14-17(22)15-27(32(2,29)30)21-11-7-19(25)8-12-21/h4-14H,3,15H2,1-2H3,(H,26,28). The Balaban J connectivity index is 1.94. The Bertz CT molecular complexity index is 1200. The van der Waals surface area contributed by atoms with Crippen molar-refractivity contribution in [3.05, 3.63) is 89.5 Å². The summed E-state index contributed by atoms with van der Waals surface area (Å²) >= 11 is 0. The molecular weight excluding hydrogens is 438 g/mol. The van der Waals surface area contributed by atoms with E-state index in [1.54, 1.807) is 19.1 Å². The maximum absolute atomic E-state index is 13.3. The van der Waals surface area contributed by atoms with Crippen LogP contribution < -0.4 is 14.4 Å². The molecule has 0 fully saturated rings. The van der Waals surface area contributed by atoms with Crippen LogP contribution >= 0.6 is 0 Å². The quantitative estimate of drug-likeness (QED) is 0.534. The van der Waals surface area contributed by atoms with Crippen LogP contribution in [0, 0.1) is 11.6 Å². The third-order valence-corrected chi connectivity index (χ3v) is 5.69. The van der Waals surface area contributed by atoms with Crippen LogP contribution in [0.5, 0.6) is 5.75 Å². The zero-order valence-electron chi connectivity index (χ0n) is 17.5. The molecule has 0 unspecified atom stereocenters. The first-order valence-electron chi connectivity index (χ1n) is 9.73. The molecule has 6 nitrogen and oxygen atoms in total. The Morgan fingerprint density at radius 2 is 1.56 bits per heavy atom. The molecule has 0 bridgehead atoms. The van der Waals surface area contributed by atoms with Crippen LogP contribution in [0.3, 0.4) is 0 Å². The van der Waals surface area contributed by atoms with Crippen molar-refractivity contribution in [1.82, 2.24) is 0 Å². The average Bonchev–Trinajstić information content (AvgIpc) is 2.74. The van der Waals surface area contributed by atoms with E-state index in [0.29, 0.717) is 23.6 Å². The molecule has 0 aliphatic rings. The van der Waals surface area contributed by atoms with Gasteiger partial charge in [0.25, 0.3) is 5.91 Å². The molecule has 0 aliphatic carbocycles. The van der Waals surface area contributed by atoms with E-state index in [1.165, 1.54) is 54.6 Å². The molecule has 32 heavy (non-hydrogen) atoms. The predicted molar refractivity (Wildman–Crippen MR) is 119 cm³/mol. The van der Waals surface area contributed by atoms with Crippen molar-refractivity contribution in [2.24, 2.45) is 0 Å². The van der Waals surface area contributed by atoms with Crippen molar-refractivity contribution < 1.29 is 26.7 Å². The molecule has 0 atom stereocenters. The Labute approximate surface area is 185 Å². The minimum absolute atomic E-state index is 0.128. The number of benzene rings is 3. The summed E-state index contributed by atoms with van der Waals surface area (Å²) < 4.78 is 58.1. The van der Waals surface area contributed by atoms with Crippen LogP contribution in [0.4, 0.5) is 20.2 Å². The molecule has 3 aromatic rings. The Morgan fingerprint density at radius 3 is 2.12 bits per heavy atom. The van der Waals surface area contributed by atoms with E-state index in [1.807, 2.05) is 0 Å². The van der Waals surface area contributed by atoms with Gasteiger partial charge in [-0.3, -0.25) is 9.10 Å². The Kier molecular flexibility index (Phi) is 7.09. The third-order valence-electron chi connectivity index (χ3n) is 4.55. The van der Waals surface area contributed by atoms with Gasteiger partial charge in [-0.05, 0) is 73.7 Å². The Morgan fingerprint density at radius 1 is 0.969 bits per heavy atom. The molecule has 0 aromatic heterocycles. The van der Waals surface area contributed by atoms with Gasteiger partial charge < -0.3 is 10.1 Å². The van der Waals surface area contributed by atoms with Crippen LogP contribution in [-0.4, -0.2) is 27.2 Å². The zero-order chi connectivity index (χ0) is 23.3. The number of ether oxygens (including phenoxy) is 1. The van der Waals surface area contributed by atoms with Crippen LogP contribution in [0.15, 0.2) is 66.7 Å². The van der Waals surface area contributed by atoms with Gasteiger partial charge in [0.2, 0.25) is 10.0 Å². The highest BCUT2D eigenvalue weighted by atomic mass is 32.2. The van der Waals surface area contributed by atoms with E-state index >= 15 is 0 Å². The fourth-order valence-corrected chi connectivity index (χ4v) is 3.92. The summed E-state index contributed by atoms with van der Waals surface area (Å²) in [7, 11) is -3.73. The molecule has 0 spiro atoms. The summed E-state index contributed by atoms with van der Waals surface area (Å²) in [5.41, 5.74) is 1.40. The number of hydrogen-bond acceptors (Lipinski definition) is 4. The van der Waals surface area contributed by atoms with Crippen molar-refractivity contribution in [2.45, 2.75) is 13.5 Å². The van der Waals surface area contributed by atoms with Gasteiger partial charge in [-0.25, -0.2) is 17.2 Å². The first kappa shape index (κ1) is 23.2. The smallest absolute Gasteiger partial charge is 0.255 e. The fourth-order valence-electron chi connectivity index (χ4n) is 3.04. The summed E-state index contributed by atoms with van der Waals surface area (Å²) in [4.78, 5) is 12.7. The first-order valence-corrected chi connectivity index (χ1v) is 11.6. The van der Waals surface area contributed by atoms with E-state index in [-0.39, 0.29) is 17.8 Å². The molecule has 0 heterocycles. The number of halogens is 2. The van der Waals surface area contributed by atoms with Crippen molar-refractivity contribution >= 4 is 27.3 Å². The van der Waals surface area contributed by atoms with Crippen LogP contribution in [0.2, 0.25) is 0 Å². The van der Waals surface area contributed by atoms with E-state index in [0.717, 1.165) is 10.6 Å². The van der Waals surface area contributed by atoms with E-state index < -0.39 is 27.6 Å². The minimum atomic E-state index is -3.73. The molecule has 1 N–H and O–H groups in total. The molecule has 1 amide bonds. The van der Waals surface area contributed by atoms with Gasteiger partial charge in [0, 0.05) is 16.8 Å². The summed E-state index contributed by atoms with van der Waals surface area (Å²) in [5.74, 6) is -0.945. The van der Waals surface area contributed by atoms with Gasteiger partial charge in [-0.2, -0.15) is 0 Å². The van der Waals surface area contributed by atoms with E-state index in [4.69, 9.17) is 4.74 Å². The summed E-state index contributed by atoms with van der Waals surface area (Å²) in [6.07, 6.45) is 1.04.